The first-order chi connectivity index (χ1) is 16.6. The lowest BCUT2D eigenvalue weighted by Crippen LogP contribution is -2.35. The number of benzene rings is 2. The number of carbonyl (C=O) groups excluding carboxylic acids is 1. The number of aryl methyl sites for hydroxylation is 2. The van der Waals surface area contributed by atoms with E-state index in [1.54, 1.807) is 24.3 Å². The number of amides is 1. The molecule has 2 aliphatic heterocycles. The Bertz CT molecular complexity index is 1380. The summed E-state index contributed by atoms with van der Waals surface area (Å²) >= 11 is 0.754. The lowest BCUT2D eigenvalue weighted by molar-refractivity contribution is -0.114. The number of rotatable bonds is 7. The fourth-order valence-corrected chi connectivity index (χ4v) is 5.03. The van der Waals surface area contributed by atoms with E-state index in [1.807, 2.05) is 26.0 Å². The van der Waals surface area contributed by atoms with Crippen molar-refractivity contribution >= 4 is 49.0 Å². The second kappa shape index (κ2) is 10.0. The van der Waals surface area contributed by atoms with Gasteiger partial charge in [-0.1, -0.05) is 29.8 Å². The van der Waals surface area contributed by atoms with E-state index in [-0.39, 0.29) is 21.0 Å². The van der Waals surface area contributed by atoms with Crippen molar-refractivity contribution in [2.45, 2.75) is 20.3 Å². The number of fused-ring (bicyclic) bond motifs is 1. The number of hydrazone groups is 1. The predicted octanol–water partition coefficient (Wildman–Crippen LogP) is 3.77. The summed E-state index contributed by atoms with van der Waals surface area (Å²) in [7, 11) is -3.57. The van der Waals surface area contributed by atoms with Crippen molar-refractivity contribution < 1.29 is 22.7 Å². The van der Waals surface area contributed by atoms with E-state index in [0.29, 0.717) is 24.5 Å². The zero-order chi connectivity index (χ0) is 25.2. The molecule has 35 heavy (non-hydrogen) atoms. The summed E-state index contributed by atoms with van der Waals surface area (Å²) in [6.45, 7) is 5.09. The first-order valence-corrected chi connectivity index (χ1v) is 13.5. The Hall–Kier alpha value is -3.44. The average Bonchev–Trinajstić information content (AvgIpc) is 3.23. The molecule has 2 aromatic rings. The van der Waals surface area contributed by atoms with Crippen LogP contribution in [0.5, 0.6) is 11.5 Å². The summed E-state index contributed by atoms with van der Waals surface area (Å²) in [5.41, 5.74) is 2.99. The van der Waals surface area contributed by atoms with Gasteiger partial charge >= 0.3 is 0 Å². The Morgan fingerprint density at radius 3 is 2.49 bits per heavy atom. The molecule has 4 rings (SSSR count). The van der Waals surface area contributed by atoms with Crippen LogP contribution in [0, 0.1) is 19.3 Å². The molecule has 0 saturated carbocycles. The SMILES string of the molecule is Cc1ccc(OCCCOc2ccc(/C=C3/C(=N)N4N=C(S(C)(=O)=O)SC4=NC3=O)cc2)c(C)c1. The fraction of sp³-hybridized carbons (Fsp3) is 0.250. The summed E-state index contributed by atoms with van der Waals surface area (Å²) in [4.78, 5) is 16.3. The number of sulfone groups is 1. The molecule has 182 valence electrons. The molecule has 2 aromatic carbocycles. The minimum absolute atomic E-state index is 0.0186. The predicted molar refractivity (Wildman–Crippen MR) is 138 cm³/mol. The van der Waals surface area contributed by atoms with Crippen LogP contribution in [-0.2, 0) is 14.6 Å². The number of hydrogen-bond donors (Lipinski definition) is 1. The molecule has 1 amide bonds. The van der Waals surface area contributed by atoms with Crippen LogP contribution in [0.1, 0.15) is 23.1 Å². The third-order valence-electron chi connectivity index (χ3n) is 5.09. The van der Waals surface area contributed by atoms with Gasteiger partial charge in [0.05, 0.1) is 18.8 Å². The molecular formula is C24H24N4O5S2. The van der Waals surface area contributed by atoms with Gasteiger partial charge in [0.15, 0.2) is 5.84 Å². The third kappa shape index (κ3) is 5.80. The third-order valence-corrected chi connectivity index (χ3v) is 7.67. The van der Waals surface area contributed by atoms with Gasteiger partial charge in [-0.15, -0.1) is 5.10 Å². The molecule has 0 aliphatic carbocycles. The maximum atomic E-state index is 12.4. The highest BCUT2D eigenvalue weighted by molar-refractivity contribution is 8.42. The Morgan fingerprint density at radius 1 is 1.09 bits per heavy atom. The maximum absolute atomic E-state index is 12.4. The number of carbonyl (C=O) groups is 1. The highest BCUT2D eigenvalue weighted by atomic mass is 32.3. The van der Waals surface area contributed by atoms with E-state index in [2.05, 4.69) is 16.2 Å². The van der Waals surface area contributed by atoms with E-state index >= 15 is 0 Å². The second-order valence-corrected chi connectivity index (χ2v) is 11.2. The smallest absolute Gasteiger partial charge is 0.283 e. The molecule has 0 spiro atoms. The zero-order valence-corrected chi connectivity index (χ0v) is 21.1. The summed E-state index contributed by atoms with van der Waals surface area (Å²) in [6, 6.07) is 13.1. The largest absolute Gasteiger partial charge is 0.493 e. The summed E-state index contributed by atoms with van der Waals surface area (Å²) < 4.78 is 34.9. The number of hydrogen-bond acceptors (Lipinski definition) is 8. The van der Waals surface area contributed by atoms with E-state index in [4.69, 9.17) is 14.9 Å². The van der Waals surface area contributed by atoms with Gasteiger partial charge in [-0.2, -0.15) is 10.0 Å². The Kier molecular flexibility index (Phi) is 7.08. The minimum atomic E-state index is -3.57. The van der Waals surface area contributed by atoms with Crippen LogP contribution in [0.15, 0.2) is 58.1 Å². The van der Waals surface area contributed by atoms with Gasteiger partial charge < -0.3 is 9.47 Å². The molecule has 11 heteroatoms. The van der Waals surface area contributed by atoms with Crippen molar-refractivity contribution in [3.8, 4) is 11.5 Å². The molecule has 2 aliphatic rings. The van der Waals surface area contributed by atoms with Gasteiger partial charge in [0.2, 0.25) is 19.4 Å². The number of thioether (sulfide) groups is 1. The molecular weight excluding hydrogens is 488 g/mol. The molecule has 2 heterocycles. The lowest BCUT2D eigenvalue weighted by Gasteiger charge is -2.20. The Balaban J connectivity index is 1.33. The highest BCUT2D eigenvalue weighted by Crippen LogP contribution is 2.30. The molecule has 0 bridgehead atoms. The van der Waals surface area contributed by atoms with Crippen LogP contribution in [0.3, 0.4) is 0 Å². The first kappa shape index (κ1) is 24.7. The van der Waals surface area contributed by atoms with E-state index < -0.39 is 15.7 Å². The quantitative estimate of drug-likeness (QED) is 0.443. The number of amidine groups is 2. The number of aliphatic imine (C=N–C) groups is 1. The number of nitrogens with zero attached hydrogens (tertiary/aromatic N) is 3. The maximum Gasteiger partial charge on any atom is 0.283 e. The van der Waals surface area contributed by atoms with Crippen LogP contribution in [-0.4, -0.2) is 54.2 Å². The van der Waals surface area contributed by atoms with E-state index in [1.165, 1.54) is 11.6 Å². The molecule has 0 aromatic heterocycles. The first-order valence-electron chi connectivity index (χ1n) is 10.7. The number of ether oxygens (including phenoxy) is 2. The van der Waals surface area contributed by atoms with Crippen LogP contribution in [0.4, 0.5) is 0 Å². The van der Waals surface area contributed by atoms with Crippen molar-refractivity contribution in [2.75, 3.05) is 19.5 Å². The normalized spacial score (nSPS) is 16.8. The minimum Gasteiger partial charge on any atom is -0.493 e. The van der Waals surface area contributed by atoms with Crippen LogP contribution < -0.4 is 9.47 Å². The van der Waals surface area contributed by atoms with E-state index in [9.17, 15) is 13.2 Å². The molecule has 0 unspecified atom stereocenters. The van der Waals surface area contributed by atoms with Crippen LogP contribution in [0.25, 0.3) is 6.08 Å². The van der Waals surface area contributed by atoms with Gasteiger partial charge in [0.25, 0.3) is 5.91 Å². The molecule has 0 saturated heterocycles. The van der Waals surface area contributed by atoms with Crippen molar-refractivity contribution in [1.82, 2.24) is 5.01 Å². The fourth-order valence-electron chi connectivity index (χ4n) is 3.34. The molecule has 1 N–H and O–H groups in total. The number of nitrogens with one attached hydrogen (secondary N) is 1. The van der Waals surface area contributed by atoms with Crippen molar-refractivity contribution in [1.29, 1.82) is 5.41 Å². The second-order valence-electron chi connectivity index (χ2n) is 8.05. The van der Waals surface area contributed by atoms with Crippen molar-refractivity contribution in [2.24, 2.45) is 10.1 Å². The van der Waals surface area contributed by atoms with Crippen LogP contribution >= 0.6 is 11.8 Å². The van der Waals surface area contributed by atoms with Crippen molar-refractivity contribution in [3.05, 3.63) is 64.7 Å². The Labute approximate surface area is 208 Å². The zero-order valence-electron chi connectivity index (χ0n) is 19.4. The van der Waals surface area contributed by atoms with Gasteiger partial charge in [-0.3, -0.25) is 10.2 Å². The van der Waals surface area contributed by atoms with E-state index in [0.717, 1.165) is 40.8 Å². The summed E-state index contributed by atoms with van der Waals surface area (Å²) in [6.07, 6.45) is 3.25. The summed E-state index contributed by atoms with van der Waals surface area (Å²) in [5, 5.41) is 13.4. The molecule has 0 radical (unpaired) electrons. The topological polar surface area (TPSA) is 121 Å². The van der Waals surface area contributed by atoms with Gasteiger partial charge in [0, 0.05) is 12.7 Å². The van der Waals surface area contributed by atoms with Crippen molar-refractivity contribution in [3.63, 3.8) is 0 Å². The van der Waals surface area contributed by atoms with Crippen LogP contribution in [0.2, 0.25) is 0 Å². The lowest BCUT2D eigenvalue weighted by atomic mass is 10.1. The highest BCUT2D eigenvalue weighted by Gasteiger charge is 2.38. The van der Waals surface area contributed by atoms with Gasteiger partial charge in [-0.05, 0) is 61.0 Å². The van der Waals surface area contributed by atoms with Gasteiger partial charge in [-0.25, -0.2) is 8.42 Å². The molecule has 0 atom stereocenters. The van der Waals surface area contributed by atoms with Gasteiger partial charge in [0.1, 0.15) is 11.5 Å². The molecule has 9 nitrogen and oxygen atoms in total. The standard InChI is InChI=1S/C24H24N4O5S2/c1-15-5-10-20(16(2)13-15)33-12-4-11-32-18-8-6-17(7-9-18)14-19-21(25)28-23(26-22(19)29)34-24(27-28)35(3,30)31/h5-10,13-14,25H,4,11-12H2,1-3H3/b19-14-,25-21?. The molecule has 0 fully saturated rings. The monoisotopic (exact) mass is 512 g/mol. The summed E-state index contributed by atoms with van der Waals surface area (Å²) in [5.74, 6) is 0.693. The average molecular weight is 513 g/mol. The Morgan fingerprint density at radius 2 is 1.80 bits per heavy atom.